The lowest BCUT2D eigenvalue weighted by Gasteiger charge is -2.47. The zero-order valence-electron chi connectivity index (χ0n) is 66.4. The Kier molecular flexibility index (Phi) is 11.9. The molecule has 492 valence electrons. The van der Waals surface area contributed by atoms with Gasteiger partial charge in [-0.1, -0.05) is 293 Å². The van der Waals surface area contributed by atoms with Gasteiger partial charge in [0.15, 0.2) is 0 Å². The van der Waals surface area contributed by atoms with Crippen molar-refractivity contribution >= 4 is 99.8 Å². The monoisotopic (exact) mass is 1320 g/mol. The Hall–Kier alpha value is -11.9. The molecule has 0 N–H and O–H groups in total. The fraction of sp³-hybridized carbons (Fsp3) is 0.134. The van der Waals surface area contributed by atoms with E-state index in [1.165, 1.54) is 11.1 Å². The van der Waals surface area contributed by atoms with Crippen LogP contribution in [0, 0.1) is 0 Å². The van der Waals surface area contributed by atoms with Crippen LogP contribution in [0.15, 0.2) is 306 Å². The van der Waals surface area contributed by atoms with Crippen LogP contribution in [0.2, 0.25) is 0 Å². The number of benzene rings is 14. The molecule has 0 spiro atoms. The van der Waals surface area contributed by atoms with Gasteiger partial charge in [-0.05, 0) is 144 Å². The first-order valence-electron chi connectivity index (χ1n) is 39.3. The molecule has 0 bridgehead atoms. The largest absolute Gasteiger partial charge is 0.456 e. The van der Waals surface area contributed by atoms with Crippen molar-refractivity contribution < 1.29 is 19.8 Å². The molecular formula is C97H77N3O2. The maximum Gasteiger partial charge on any atom is 0.136 e. The van der Waals surface area contributed by atoms with Gasteiger partial charge in [0.05, 0.1) is 61.8 Å². The first-order valence-corrected chi connectivity index (χ1v) is 35.3. The van der Waals surface area contributed by atoms with Crippen molar-refractivity contribution in [3.05, 3.63) is 330 Å². The van der Waals surface area contributed by atoms with E-state index < -0.39 is 59.7 Å². The average molecular weight is 1320 g/mol. The van der Waals surface area contributed by atoms with Gasteiger partial charge in [-0.25, -0.2) is 0 Å². The molecular weight excluding hydrogens is 1240 g/mol. The number of fused-ring (bicyclic) bond motifs is 13. The lowest BCUT2D eigenvalue weighted by atomic mass is 9.73. The summed E-state index contributed by atoms with van der Waals surface area (Å²) in [6.45, 7) is 20.4. The second-order valence-electron chi connectivity index (χ2n) is 30.6. The topological polar surface area (TPSA) is 37.7 Å². The highest BCUT2D eigenvalue weighted by atomic mass is 16.3. The molecule has 2 aliphatic heterocycles. The van der Waals surface area contributed by atoms with Crippen LogP contribution in [0.4, 0.5) is 34.1 Å². The molecule has 0 radical (unpaired) electrons. The number of hydrogen-bond donors (Lipinski definition) is 0. The van der Waals surface area contributed by atoms with Gasteiger partial charge in [-0.3, -0.25) is 0 Å². The van der Waals surface area contributed by atoms with E-state index in [1.807, 2.05) is 48.5 Å². The number of anilines is 6. The molecule has 0 aliphatic carbocycles. The van der Waals surface area contributed by atoms with Crippen molar-refractivity contribution in [2.75, 3.05) is 9.80 Å². The van der Waals surface area contributed by atoms with Gasteiger partial charge in [-0.15, -0.1) is 0 Å². The lowest BCUT2D eigenvalue weighted by Crippen LogP contribution is -2.31. The van der Waals surface area contributed by atoms with Crippen molar-refractivity contribution in [2.45, 2.75) is 84.5 Å². The average Bonchev–Trinajstić information content (AvgIpc) is 1.03. The molecule has 1 unspecified atom stereocenters. The van der Waals surface area contributed by atoms with E-state index in [-0.39, 0.29) is 32.6 Å². The summed E-state index contributed by atoms with van der Waals surface area (Å²) in [5, 5.41) is 3.60. The first-order chi connectivity index (χ1) is 52.8. The third-order valence-corrected chi connectivity index (χ3v) is 21.2. The summed E-state index contributed by atoms with van der Waals surface area (Å²) in [6.07, 6.45) is 0. The predicted octanol–water partition coefficient (Wildman–Crippen LogP) is 27.6. The van der Waals surface area contributed by atoms with Crippen LogP contribution in [-0.4, -0.2) is 4.57 Å². The van der Waals surface area contributed by atoms with Crippen molar-refractivity contribution in [1.82, 2.24) is 4.57 Å². The van der Waals surface area contributed by atoms with Crippen molar-refractivity contribution in [3.63, 3.8) is 0 Å². The summed E-state index contributed by atoms with van der Waals surface area (Å²) in [7, 11) is 0. The molecule has 19 rings (SSSR count). The minimum Gasteiger partial charge on any atom is -0.456 e. The zero-order valence-corrected chi connectivity index (χ0v) is 58.4. The zero-order chi connectivity index (χ0) is 76.0. The molecule has 3 aromatic heterocycles. The molecule has 5 heteroatoms. The summed E-state index contributed by atoms with van der Waals surface area (Å²) in [5.41, 5.74) is 23.0. The van der Waals surface area contributed by atoms with Gasteiger partial charge in [0.1, 0.15) is 22.3 Å². The van der Waals surface area contributed by atoms with Crippen LogP contribution in [0.3, 0.4) is 0 Å². The van der Waals surface area contributed by atoms with Crippen LogP contribution in [0.1, 0.15) is 113 Å². The van der Waals surface area contributed by atoms with Gasteiger partial charge in [0, 0.05) is 66.1 Å². The third kappa shape index (κ3) is 9.58. The van der Waals surface area contributed by atoms with E-state index in [0.29, 0.717) is 28.2 Å². The number of para-hydroxylation sites is 4. The van der Waals surface area contributed by atoms with Crippen LogP contribution < -0.4 is 9.80 Å². The van der Waals surface area contributed by atoms with Crippen molar-refractivity contribution in [2.24, 2.45) is 0 Å². The van der Waals surface area contributed by atoms with E-state index in [2.05, 4.69) is 272 Å². The van der Waals surface area contributed by atoms with Gasteiger partial charge in [0.25, 0.3) is 0 Å². The van der Waals surface area contributed by atoms with Crippen molar-refractivity contribution in [3.8, 4) is 61.3 Å². The quantitative estimate of drug-likeness (QED) is 0.152. The smallest absolute Gasteiger partial charge is 0.136 e. The molecule has 5 heterocycles. The Morgan fingerprint density at radius 3 is 1.25 bits per heavy atom. The Morgan fingerprint density at radius 1 is 0.324 bits per heavy atom. The number of rotatable bonds is 8. The molecule has 0 saturated carbocycles. The first kappa shape index (κ1) is 53.0. The Balaban J connectivity index is 1.09. The van der Waals surface area contributed by atoms with Crippen LogP contribution in [0.5, 0.6) is 0 Å². The van der Waals surface area contributed by atoms with E-state index in [1.54, 1.807) is 4.57 Å². The maximum absolute atomic E-state index is 10.2. The molecule has 0 amide bonds. The number of nitrogens with zero attached hydrogens (tertiary/aromatic N) is 3. The molecule has 0 saturated heterocycles. The molecule has 17 aromatic rings. The molecule has 0 fully saturated rings. The fourth-order valence-corrected chi connectivity index (χ4v) is 16.2. The van der Waals surface area contributed by atoms with Gasteiger partial charge >= 0.3 is 0 Å². The Labute approximate surface area is 607 Å². The van der Waals surface area contributed by atoms with E-state index in [9.17, 15) is 11.0 Å². The highest BCUT2D eigenvalue weighted by Gasteiger charge is 2.45. The van der Waals surface area contributed by atoms with Gasteiger partial charge in [0.2, 0.25) is 0 Å². The summed E-state index contributed by atoms with van der Waals surface area (Å²) < 4.78 is 93.9. The molecule has 2 aliphatic rings. The van der Waals surface area contributed by atoms with Gasteiger partial charge < -0.3 is 23.2 Å². The highest BCUT2D eigenvalue weighted by molar-refractivity contribution is 6.22. The normalized spacial score (nSPS) is 14.9. The number of aromatic nitrogens is 1. The van der Waals surface area contributed by atoms with Crippen LogP contribution >= 0.6 is 0 Å². The second-order valence-corrected chi connectivity index (χ2v) is 30.6. The summed E-state index contributed by atoms with van der Waals surface area (Å²) in [5.74, 6) is -0.557. The number of hydrogen-bond acceptors (Lipinski definition) is 4. The minimum atomic E-state index is -0.557. The fourth-order valence-electron chi connectivity index (χ4n) is 16.2. The van der Waals surface area contributed by atoms with E-state index in [0.717, 1.165) is 133 Å². The van der Waals surface area contributed by atoms with Gasteiger partial charge in [-0.2, -0.15) is 0 Å². The summed E-state index contributed by atoms with van der Waals surface area (Å²) >= 11 is 0. The van der Waals surface area contributed by atoms with E-state index >= 15 is 0 Å². The maximum atomic E-state index is 10.2. The Morgan fingerprint density at radius 2 is 0.765 bits per heavy atom. The molecule has 102 heavy (non-hydrogen) atoms. The van der Waals surface area contributed by atoms with Crippen LogP contribution in [-0.2, 0) is 16.2 Å². The van der Waals surface area contributed by atoms with Crippen molar-refractivity contribution in [1.29, 1.82) is 0 Å². The summed E-state index contributed by atoms with van der Waals surface area (Å²) in [4.78, 5) is 4.89. The minimum absolute atomic E-state index is 0.00136. The third-order valence-electron chi connectivity index (χ3n) is 21.2. The standard InChI is InChI=1S/C97H77N3O2/c1-95(2,3)65-47-48-71-80(54-65)100(94-75(60-32-16-11-17-33-60)58-86-91(73-41-25-29-45-84(73)102-86)88(94)62-36-20-13-21-37-62)82-56-68(98-77-42-26-22-38-69(77)70-39-23-27-43-78(70)98)55-81-92(82)89(71)76-52-63(64-50-66(96(4,5)6)53-67(51-64)97(7,8)9)46-49-79(76)99(81)93-74(59-30-14-10-15-31-59)57-85-90(72-40-24-28-44-83(72)101-85)87(93)61-34-18-12-19-35-61/h10-58,89H,1-9H3/i22D,23D,26D,27D,38D,39D,42D,43D. The molecule has 1 atom stereocenters. The summed E-state index contributed by atoms with van der Waals surface area (Å²) in [6, 6.07) is 84.5. The second kappa shape index (κ2) is 22.8. The highest BCUT2D eigenvalue weighted by Crippen LogP contribution is 2.66. The number of furan rings is 2. The predicted molar refractivity (Wildman–Crippen MR) is 429 cm³/mol. The van der Waals surface area contributed by atoms with E-state index in [4.69, 9.17) is 8.83 Å². The molecule has 5 nitrogen and oxygen atoms in total. The Bertz CT molecular complexity index is 6650. The van der Waals surface area contributed by atoms with Crippen LogP contribution in [0.25, 0.3) is 127 Å². The lowest BCUT2D eigenvalue weighted by molar-refractivity contribution is 0.569. The molecule has 14 aromatic carbocycles. The SMILES string of the molecule is [2H]c1c([2H])c([2H])c2c(c1[2H])c1c([2H])c([2H])c([2H])c([2H])c1n2-c1cc2c3c(c1)N(c1c(-c4ccccc4)cc4oc5ccccc5c4c1-c1ccccc1)c1cc(C(C)(C)C)ccc1C3c1cc(-c3cc(C(C)(C)C)cc(C(C)(C)C)c3)ccc1N2c1c(-c2ccccc2)cc2oc3ccccc3c2c1-c1ccccc1.